The Hall–Kier alpha value is -2.15. The summed E-state index contributed by atoms with van der Waals surface area (Å²) in [5.74, 6) is -2.05. The Kier molecular flexibility index (Phi) is 7.62. The molecular weight excluding hydrogens is 448 g/mol. The molecule has 2 bridgehead atoms. The van der Waals surface area contributed by atoms with Crippen molar-refractivity contribution in [1.82, 2.24) is 0 Å². The van der Waals surface area contributed by atoms with E-state index in [1.807, 2.05) is 6.92 Å². The molecule has 8 atom stereocenters. The highest BCUT2D eigenvalue weighted by atomic mass is 16.6. The maximum atomic E-state index is 13.0. The normalized spacial score (nSPS) is 35.8. The summed E-state index contributed by atoms with van der Waals surface area (Å²) < 4.78 is 17.8. The largest absolute Gasteiger partial charge is 0.461 e. The Morgan fingerprint density at radius 2 is 1.60 bits per heavy atom. The van der Waals surface area contributed by atoms with E-state index >= 15 is 0 Å². The third kappa shape index (κ3) is 5.07. The average Bonchev–Trinajstić information content (AvgIpc) is 2.74. The van der Waals surface area contributed by atoms with Crippen LogP contribution in [0.3, 0.4) is 0 Å². The minimum Gasteiger partial charge on any atom is -0.461 e. The Morgan fingerprint density at radius 3 is 2.14 bits per heavy atom. The van der Waals surface area contributed by atoms with Gasteiger partial charge in [0.2, 0.25) is 0 Å². The second-order valence-electron chi connectivity index (χ2n) is 11.8. The molecule has 7 nitrogen and oxygen atoms in total. The van der Waals surface area contributed by atoms with E-state index in [4.69, 9.17) is 14.2 Å². The second kappa shape index (κ2) is 9.72. The number of fused-ring (bicyclic) bond motifs is 4. The zero-order valence-electron chi connectivity index (χ0n) is 22.5. The van der Waals surface area contributed by atoms with Gasteiger partial charge in [0, 0.05) is 26.2 Å². The first-order chi connectivity index (χ1) is 16.1. The molecule has 0 aliphatic heterocycles. The van der Waals surface area contributed by atoms with Gasteiger partial charge in [0.05, 0.1) is 12.0 Å². The summed E-state index contributed by atoms with van der Waals surface area (Å²) in [5.41, 5.74) is 2.19. The molecule has 0 saturated heterocycles. The molecule has 0 radical (unpaired) electrons. The Bertz CT molecular complexity index is 930. The fraction of sp³-hybridized carbons (Fsp3) is 0.750. The van der Waals surface area contributed by atoms with Crippen molar-refractivity contribution in [2.45, 2.75) is 105 Å². The van der Waals surface area contributed by atoms with Crippen LogP contribution in [-0.4, -0.2) is 47.4 Å². The van der Waals surface area contributed by atoms with E-state index in [2.05, 4.69) is 27.4 Å². The van der Waals surface area contributed by atoms with Crippen LogP contribution in [0.1, 0.15) is 81.1 Å². The first kappa shape index (κ1) is 27.4. The summed E-state index contributed by atoms with van der Waals surface area (Å²) in [5, 5.41) is 9.98. The molecule has 1 N–H and O–H groups in total. The molecule has 0 aromatic heterocycles. The lowest BCUT2D eigenvalue weighted by Crippen LogP contribution is -2.52. The van der Waals surface area contributed by atoms with Crippen LogP contribution in [0.4, 0.5) is 0 Å². The Balaban J connectivity index is 2.16. The van der Waals surface area contributed by atoms with Crippen LogP contribution < -0.4 is 0 Å². The Labute approximate surface area is 209 Å². The molecule has 0 amide bonds. The molecule has 0 aromatic rings. The SMILES string of the molecule is C=C1C(OC(C)=O)CCC2(C)CC(OC(C)=O)C3=C(C)CC(OC(=O)C(C)C(C)O)C(C12)C3(C)C. The van der Waals surface area contributed by atoms with E-state index < -0.39 is 35.6 Å². The van der Waals surface area contributed by atoms with Gasteiger partial charge < -0.3 is 19.3 Å². The van der Waals surface area contributed by atoms with Gasteiger partial charge in [0.1, 0.15) is 18.3 Å². The number of esters is 3. The van der Waals surface area contributed by atoms with Gasteiger partial charge in [-0.05, 0) is 67.9 Å². The number of ether oxygens (including phenoxy) is 3. The summed E-state index contributed by atoms with van der Waals surface area (Å²) in [4.78, 5) is 37.0. The third-order valence-electron chi connectivity index (χ3n) is 8.75. The van der Waals surface area contributed by atoms with Crippen LogP contribution in [0.15, 0.2) is 23.3 Å². The van der Waals surface area contributed by atoms with Crippen LogP contribution in [0.5, 0.6) is 0 Å². The lowest BCUT2D eigenvalue weighted by molar-refractivity contribution is -0.166. The van der Waals surface area contributed by atoms with Gasteiger partial charge in [-0.2, -0.15) is 0 Å². The molecule has 2 fully saturated rings. The average molecular weight is 491 g/mol. The highest BCUT2D eigenvalue weighted by Crippen LogP contribution is 2.63. The summed E-state index contributed by atoms with van der Waals surface area (Å²) in [6.07, 6.45) is 0.481. The zero-order valence-corrected chi connectivity index (χ0v) is 22.5. The molecule has 2 saturated carbocycles. The molecule has 35 heavy (non-hydrogen) atoms. The van der Waals surface area contributed by atoms with Crippen LogP contribution in [0, 0.1) is 28.6 Å². The molecule has 3 rings (SSSR count). The maximum Gasteiger partial charge on any atom is 0.311 e. The fourth-order valence-corrected chi connectivity index (χ4v) is 7.13. The van der Waals surface area contributed by atoms with Gasteiger partial charge in [0.25, 0.3) is 0 Å². The summed E-state index contributed by atoms with van der Waals surface area (Å²) >= 11 is 0. The van der Waals surface area contributed by atoms with Crippen molar-refractivity contribution in [3.05, 3.63) is 23.3 Å². The summed E-state index contributed by atoms with van der Waals surface area (Å²) in [6.45, 7) is 19.0. The lowest BCUT2D eigenvalue weighted by atomic mass is 9.53. The van der Waals surface area contributed by atoms with Crippen LogP contribution in [0.2, 0.25) is 0 Å². The van der Waals surface area contributed by atoms with E-state index in [1.54, 1.807) is 13.8 Å². The molecule has 8 unspecified atom stereocenters. The number of aliphatic hydroxyl groups excluding tert-OH is 1. The van der Waals surface area contributed by atoms with E-state index in [0.29, 0.717) is 19.3 Å². The van der Waals surface area contributed by atoms with Gasteiger partial charge in [0.15, 0.2) is 0 Å². The van der Waals surface area contributed by atoms with Gasteiger partial charge in [-0.1, -0.05) is 32.9 Å². The molecule has 0 aromatic carbocycles. The minimum atomic E-state index is -0.822. The quantitative estimate of drug-likeness (QED) is 0.344. The van der Waals surface area contributed by atoms with Crippen molar-refractivity contribution in [3.63, 3.8) is 0 Å². The van der Waals surface area contributed by atoms with E-state index in [9.17, 15) is 19.5 Å². The topological polar surface area (TPSA) is 99.1 Å². The summed E-state index contributed by atoms with van der Waals surface area (Å²) in [7, 11) is 0. The first-order valence-corrected chi connectivity index (χ1v) is 12.7. The number of hydrogen-bond donors (Lipinski definition) is 1. The molecule has 7 heteroatoms. The van der Waals surface area contributed by atoms with Crippen molar-refractivity contribution in [2.24, 2.45) is 28.6 Å². The van der Waals surface area contributed by atoms with Crippen molar-refractivity contribution < 1.29 is 33.7 Å². The van der Waals surface area contributed by atoms with Crippen molar-refractivity contribution in [1.29, 1.82) is 0 Å². The molecular formula is C28H42O7. The van der Waals surface area contributed by atoms with Crippen molar-refractivity contribution >= 4 is 17.9 Å². The standard InChI is InChI=1S/C28H42O7/c1-14-12-21(35-26(32)15(2)17(4)29)25-24-16(3)20(33-18(5)30)10-11-28(24,9)13-22(34-19(6)31)23(14)27(25,7)8/h15,17,20-22,24-25,29H,3,10-13H2,1-2,4-9H3. The van der Waals surface area contributed by atoms with Gasteiger partial charge >= 0.3 is 17.9 Å². The van der Waals surface area contributed by atoms with E-state index in [-0.39, 0.29) is 35.3 Å². The highest BCUT2D eigenvalue weighted by molar-refractivity contribution is 5.73. The number of hydrogen-bond acceptors (Lipinski definition) is 7. The number of carbonyl (C=O) groups excluding carboxylic acids is 3. The number of rotatable bonds is 5. The molecule has 0 spiro atoms. The van der Waals surface area contributed by atoms with Gasteiger partial charge in [-0.25, -0.2) is 0 Å². The smallest absolute Gasteiger partial charge is 0.311 e. The predicted octanol–water partition coefficient (Wildman–Crippen LogP) is 4.52. The van der Waals surface area contributed by atoms with Gasteiger partial charge in [-0.15, -0.1) is 0 Å². The van der Waals surface area contributed by atoms with Gasteiger partial charge in [-0.3, -0.25) is 14.4 Å². The molecule has 3 aliphatic rings. The third-order valence-corrected chi connectivity index (χ3v) is 8.75. The van der Waals surface area contributed by atoms with E-state index in [0.717, 1.165) is 23.1 Å². The fourth-order valence-electron chi connectivity index (χ4n) is 7.13. The van der Waals surface area contributed by atoms with Crippen LogP contribution in [0.25, 0.3) is 0 Å². The highest BCUT2D eigenvalue weighted by Gasteiger charge is 2.61. The zero-order chi connectivity index (χ0) is 26.5. The van der Waals surface area contributed by atoms with Crippen molar-refractivity contribution in [2.75, 3.05) is 0 Å². The van der Waals surface area contributed by atoms with Crippen molar-refractivity contribution in [3.8, 4) is 0 Å². The Morgan fingerprint density at radius 1 is 1.03 bits per heavy atom. The summed E-state index contributed by atoms with van der Waals surface area (Å²) in [6, 6.07) is 0. The molecule has 0 heterocycles. The second-order valence-corrected chi connectivity index (χ2v) is 11.8. The minimum absolute atomic E-state index is 0.126. The monoisotopic (exact) mass is 490 g/mol. The van der Waals surface area contributed by atoms with Crippen LogP contribution in [-0.2, 0) is 28.6 Å². The number of carbonyl (C=O) groups is 3. The van der Waals surface area contributed by atoms with Crippen LogP contribution >= 0.6 is 0 Å². The molecule has 3 aliphatic carbocycles. The first-order valence-electron chi connectivity index (χ1n) is 12.7. The number of aliphatic hydroxyl groups is 1. The molecule has 196 valence electrons. The lowest BCUT2D eigenvalue weighted by Gasteiger charge is -2.54. The maximum absolute atomic E-state index is 13.0. The van der Waals surface area contributed by atoms with E-state index in [1.165, 1.54) is 13.8 Å². The predicted molar refractivity (Wildman–Crippen MR) is 131 cm³/mol.